The number of amides is 1. The van der Waals surface area contributed by atoms with Gasteiger partial charge in [0.1, 0.15) is 5.52 Å². The molecular weight excluding hydrogens is 475 g/mol. The Balaban J connectivity index is 1.41. The molecule has 168 valence electrons. The van der Waals surface area contributed by atoms with Gasteiger partial charge >= 0.3 is 5.97 Å². The third-order valence-electron chi connectivity index (χ3n) is 5.19. The highest BCUT2D eigenvalue weighted by atomic mass is 35.5. The highest BCUT2D eigenvalue weighted by Gasteiger charge is 2.19. The zero-order valence-corrected chi connectivity index (χ0v) is 19.1. The minimum absolute atomic E-state index is 0.303. The van der Waals surface area contributed by atoms with Crippen molar-refractivity contribution in [2.24, 2.45) is 0 Å². The molecule has 0 aliphatic carbocycles. The predicted molar refractivity (Wildman–Crippen MR) is 132 cm³/mol. The largest absolute Gasteiger partial charge is 0.452 e. The smallest absolute Gasteiger partial charge is 0.339 e. The molecule has 0 fully saturated rings. The van der Waals surface area contributed by atoms with Gasteiger partial charge in [-0.15, -0.1) is 0 Å². The van der Waals surface area contributed by atoms with Crippen LogP contribution in [0.3, 0.4) is 0 Å². The lowest BCUT2D eigenvalue weighted by Crippen LogP contribution is -2.21. The molecule has 0 saturated heterocycles. The second-order valence-electron chi connectivity index (χ2n) is 7.45. The molecule has 0 radical (unpaired) electrons. The van der Waals surface area contributed by atoms with Gasteiger partial charge < -0.3 is 14.5 Å². The molecular formula is C26H16Cl2N2O4. The standard InChI is InChI=1S/C26H16Cl2N2O4/c27-19-12-11-16(13-20(19)28)29-23(31)14-33-26(32)18-8-4-6-15-5-3-7-17(24(15)18)25-30-21-9-1-2-10-22(21)34-25/h1-13H,14H2,(H,29,31). The number of ether oxygens (including phenoxy) is 1. The first-order valence-electron chi connectivity index (χ1n) is 10.3. The quantitative estimate of drug-likeness (QED) is 0.275. The summed E-state index contributed by atoms with van der Waals surface area (Å²) in [4.78, 5) is 29.8. The Morgan fingerprint density at radius 1 is 0.912 bits per heavy atom. The number of aromatic nitrogens is 1. The van der Waals surface area contributed by atoms with Crippen molar-refractivity contribution in [1.82, 2.24) is 4.98 Å². The average Bonchev–Trinajstić information content (AvgIpc) is 3.28. The molecule has 4 aromatic carbocycles. The van der Waals surface area contributed by atoms with Crippen LogP contribution in [0.15, 0.2) is 83.3 Å². The lowest BCUT2D eigenvalue weighted by Gasteiger charge is -2.11. The van der Waals surface area contributed by atoms with Gasteiger partial charge in [-0.1, -0.05) is 59.6 Å². The van der Waals surface area contributed by atoms with Gasteiger partial charge in [0.05, 0.1) is 15.6 Å². The Bertz CT molecular complexity index is 1520. The van der Waals surface area contributed by atoms with E-state index in [1.54, 1.807) is 24.3 Å². The number of carbonyl (C=O) groups is 2. The van der Waals surface area contributed by atoms with Gasteiger partial charge in [-0.25, -0.2) is 9.78 Å². The number of oxazole rings is 1. The van der Waals surface area contributed by atoms with Gasteiger partial charge in [0.25, 0.3) is 5.91 Å². The van der Waals surface area contributed by atoms with Gasteiger partial charge in [0, 0.05) is 16.6 Å². The zero-order chi connectivity index (χ0) is 23.7. The van der Waals surface area contributed by atoms with Gasteiger partial charge in [0.2, 0.25) is 5.89 Å². The van der Waals surface area contributed by atoms with Crippen LogP contribution in [0.2, 0.25) is 10.0 Å². The monoisotopic (exact) mass is 490 g/mol. The number of hydrogen-bond donors (Lipinski definition) is 1. The number of halogens is 2. The minimum Gasteiger partial charge on any atom is -0.452 e. The molecule has 5 rings (SSSR count). The van der Waals surface area contributed by atoms with Crippen LogP contribution in [-0.4, -0.2) is 23.5 Å². The molecule has 0 atom stereocenters. The van der Waals surface area contributed by atoms with E-state index in [0.717, 1.165) is 5.39 Å². The summed E-state index contributed by atoms with van der Waals surface area (Å²) in [7, 11) is 0. The summed E-state index contributed by atoms with van der Waals surface area (Å²) in [6.45, 7) is -0.472. The van der Waals surface area contributed by atoms with Crippen molar-refractivity contribution < 1.29 is 18.7 Å². The van der Waals surface area contributed by atoms with E-state index in [0.29, 0.717) is 49.2 Å². The molecule has 6 nitrogen and oxygen atoms in total. The molecule has 1 amide bonds. The SMILES string of the molecule is O=C(COC(=O)c1cccc2cccc(-c3nc4ccccc4o3)c12)Nc1ccc(Cl)c(Cl)c1. The molecule has 8 heteroatoms. The number of anilines is 1. The van der Waals surface area contributed by atoms with Crippen molar-refractivity contribution in [2.75, 3.05) is 11.9 Å². The van der Waals surface area contributed by atoms with Crippen molar-refractivity contribution in [2.45, 2.75) is 0 Å². The van der Waals surface area contributed by atoms with Crippen LogP contribution in [0.1, 0.15) is 10.4 Å². The molecule has 0 bridgehead atoms. The van der Waals surface area contributed by atoms with Crippen molar-refractivity contribution in [3.8, 4) is 11.5 Å². The Kier molecular flexibility index (Phi) is 5.92. The molecule has 0 unspecified atom stereocenters. The lowest BCUT2D eigenvalue weighted by atomic mass is 9.99. The molecule has 0 aliphatic heterocycles. The molecule has 0 spiro atoms. The maximum absolute atomic E-state index is 13.0. The van der Waals surface area contributed by atoms with Crippen LogP contribution in [-0.2, 0) is 9.53 Å². The van der Waals surface area contributed by atoms with Crippen LogP contribution in [0, 0.1) is 0 Å². The van der Waals surface area contributed by atoms with E-state index in [9.17, 15) is 9.59 Å². The Labute approximate surface area is 204 Å². The maximum Gasteiger partial charge on any atom is 0.339 e. The van der Waals surface area contributed by atoms with Crippen molar-refractivity contribution in [1.29, 1.82) is 0 Å². The summed E-state index contributed by atoms with van der Waals surface area (Å²) in [5.41, 5.74) is 2.76. The second-order valence-corrected chi connectivity index (χ2v) is 8.26. The highest BCUT2D eigenvalue weighted by molar-refractivity contribution is 6.42. The first kappa shape index (κ1) is 21.9. The van der Waals surface area contributed by atoms with Gasteiger partial charge in [0.15, 0.2) is 12.2 Å². The maximum atomic E-state index is 13.0. The topological polar surface area (TPSA) is 81.4 Å². The number of benzene rings is 4. The number of carbonyl (C=O) groups excluding carboxylic acids is 2. The molecule has 5 aromatic rings. The third kappa shape index (κ3) is 4.33. The van der Waals surface area contributed by atoms with Crippen molar-refractivity contribution in [3.63, 3.8) is 0 Å². The molecule has 0 saturated carbocycles. The lowest BCUT2D eigenvalue weighted by molar-refractivity contribution is -0.119. The molecule has 1 heterocycles. The fourth-order valence-corrected chi connectivity index (χ4v) is 3.95. The van der Waals surface area contributed by atoms with E-state index < -0.39 is 18.5 Å². The first-order chi connectivity index (χ1) is 16.5. The fourth-order valence-electron chi connectivity index (χ4n) is 3.66. The summed E-state index contributed by atoms with van der Waals surface area (Å²) in [6.07, 6.45) is 0. The first-order valence-corrected chi connectivity index (χ1v) is 11.0. The van der Waals surface area contributed by atoms with E-state index in [1.807, 2.05) is 48.5 Å². The number of rotatable bonds is 5. The number of esters is 1. The van der Waals surface area contributed by atoms with Crippen LogP contribution in [0.4, 0.5) is 5.69 Å². The number of nitrogens with one attached hydrogen (secondary N) is 1. The van der Waals surface area contributed by atoms with E-state index in [4.69, 9.17) is 32.4 Å². The highest BCUT2D eigenvalue weighted by Crippen LogP contribution is 2.33. The van der Waals surface area contributed by atoms with E-state index >= 15 is 0 Å². The molecule has 1 N–H and O–H groups in total. The number of nitrogens with zero attached hydrogens (tertiary/aromatic N) is 1. The van der Waals surface area contributed by atoms with Crippen LogP contribution >= 0.6 is 23.2 Å². The summed E-state index contributed by atoms with van der Waals surface area (Å²) < 4.78 is 11.2. The van der Waals surface area contributed by atoms with Gasteiger partial charge in [-0.2, -0.15) is 0 Å². The number of hydrogen-bond acceptors (Lipinski definition) is 5. The Hall–Kier alpha value is -3.87. The van der Waals surface area contributed by atoms with Crippen LogP contribution in [0.5, 0.6) is 0 Å². The van der Waals surface area contributed by atoms with E-state index in [-0.39, 0.29) is 0 Å². The predicted octanol–water partition coefficient (Wildman–Crippen LogP) is 6.75. The van der Waals surface area contributed by atoms with Gasteiger partial charge in [-0.05, 0) is 47.9 Å². The van der Waals surface area contributed by atoms with Crippen LogP contribution in [0.25, 0.3) is 33.3 Å². The number of para-hydroxylation sites is 2. The normalized spacial score (nSPS) is 11.0. The average molecular weight is 491 g/mol. The summed E-state index contributed by atoms with van der Waals surface area (Å²) >= 11 is 11.9. The van der Waals surface area contributed by atoms with Crippen molar-refractivity contribution in [3.05, 3.63) is 94.5 Å². The summed E-state index contributed by atoms with van der Waals surface area (Å²) in [5.74, 6) is -0.756. The van der Waals surface area contributed by atoms with E-state index in [2.05, 4.69) is 10.3 Å². The minimum atomic E-state index is -0.640. The molecule has 1 aromatic heterocycles. The van der Waals surface area contributed by atoms with Crippen LogP contribution < -0.4 is 5.32 Å². The Morgan fingerprint density at radius 3 is 2.50 bits per heavy atom. The third-order valence-corrected chi connectivity index (χ3v) is 5.93. The summed E-state index contributed by atoms with van der Waals surface area (Å²) in [5, 5.41) is 4.74. The second kappa shape index (κ2) is 9.17. The Morgan fingerprint density at radius 2 is 1.71 bits per heavy atom. The number of fused-ring (bicyclic) bond motifs is 2. The molecule has 34 heavy (non-hydrogen) atoms. The van der Waals surface area contributed by atoms with Crippen molar-refractivity contribution >= 4 is 62.6 Å². The molecule has 0 aliphatic rings. The summed E-state index contributed by atoms with van der Waals surface area (Å²) in [6, 6.07) is 23.0. The zero-order valence-electron chi connectivity index (χ0n) is 17.5. The fraction of sp³-hybridized carbons (Fsp3) is 0.0385. The van der Waals surface area contributed by atoms with E-state index in [1.165, 1.54) is 6.07 Å². The van der Waals surface area contributed by atoms with Gasteiger partial charge in [-0.3, -0.25) is 4.79 Å².